The van der Waals surface area contributed by atoms with Crippen LogP contribution in [0.1, 0.15) is 18.4 Å². The third-order valence-corrected chi connectivity index (χ3v) is 5.57. The van der Waals surface area contributed by atoms with Gasteiger partial charge in [0, 0.05) is 34.7 Å². The maximum atomic E-state index is 12.0. The Bertz CT molecular complexity index is 667. The lowest BCUT2D eigenvalue weighted by Crippen LogP contribution is -2.18. The van der Waals surface area contributed by atoms with Crippen LogP contribution in [0.2, 0.25) is 0 Å². The molecule has 1 saturated heterocycles. The number of carbonyl (C=O) groups is 1. The normalized spacial score (nSPS) is 14.0. The van der Waals surface area contributed by atoms with E-state index in [4.69, 9.17) is 0 Å². The predicted molar refractivity (Wildman–Crippen MR) is 107 cm³/mol. The van der Waals surface area contributed by atoms with Crippen molar-refractivity contribution in [1.29, 1.82) is 0 Å². The highest BCUT2D eigenvalue weighted by Crippen LogP contribution is 2.22. The highest BCUT2D eigenvalue weighted by atomic mass is 79.9. The molecule has 1 aliphatic heterocycles. The van der Waals surface area contributed by atoms with Crippen LogP contribution in [0, 0.1) is 0 Å². The molecule has 3 rings (SSSR count). The molecular formula is C19H21BrN2OS. The number of hydrogen-bond donors (Lipinski definition) is 1. The molecule has 0 unspecified atom stereocenters. The molecule has 5 heteroatoms. The number of thioether (sulfide) groups is 1. The van der Waals surface area contributed by atoms with Crippen molar-refractivity contribution in [3.05, 3.63) is 58.6 Å². The van der Waals surface area contributed by atoms with Crippen LogP contribution in [-0.2, 0) is 10.5 Å². The van der Waals surface area contributed by atoms with E-state index in [1.807, 2.05) is 24.3 Å². The van der Waals surface area contributed by atoms with Gasteiger partial charge in [-0.15, -0.1) is 11.8 Å². The van der Waals surface area contributed by atoms with Gasteiger partial charge in [-0.1, -0.05) is 28.1 Å². The fourth-order valence-electron chi connectivity index (χ4n) is 2.77. The second kappa shape index (κ2) is 8.58. The number of halogens is 1. The maximum absolute atomic E-state index is 12.0. The lowest BCUT2D eigenvalue weighted by atomic mass is 10.2. The maximum Gasteiger partial charge on any atom is 0.234 e. The molecule has 0 bridgehead atoms. The van der Waals surface area contributed by atoms with Gasteiger partial charge in [0.1, 0.15) is 0 Å². The third kappa shape index (κ3) is 5.02. The highest BCUT2D eigenvalue weighted by molar-refractivity contribution is 9.10. The fourth-order valence-corrected chi connectivity index (χ4v) is 3.82. The van der Waals surface area contributed by atoms with Crippen LogP contribution >= 0.6 is 27.7 Å². The van der Waals surface area contributed by atoms with E-state index >= 15 is 0 Å². The van der Waals surface area contributed by atoms with Gasteiger partial charge in [-0.2, -0.15) is 0 Å². The number of hydrogen-bond acceptors (Lipinski definition) is 3. The molecule has 1 fully saturated rings. The molecule has 0 atom stereocenters. The molecule has 0 saturated carbocycles. The largest absolute Gasteiger partial charge is 0.372 e. The first kappa shape index (κ1) is 17.4. The van der Waals surface area contributed by atoms with Crippen molar-refractivity contribution in [3.8, 4) is 0 Å². The van der Waals surface area contributed by atoms with Crippen molar-refractivity contribution in [2.24, 2.45) is 0 Å². The van der Waals surface area contributed by atoms with Crippen LogP contribution in [-0.4, -0.2) is 24.7 Å². The molecule has 0 aromatic heterocycles. The van der Waals surface area contributed by atoms with Gasteiger partial charge in [-0.05, 0) is 54.8 Å². The molecule has 1 heterocycles. The van der Waals surface area contributed by atoms with Gasteiger partial charge < -0.3 is 10.2 Å². The van der Waals surface area contributed by atoms with Crippen LogP contribution in [0.3, 0.4) is 0 Å². The number of amides is 1. The zero-order valence-electron chi connectivity index (χ0n) is 13.5. The number of nitrogens with zero attached hydrogens (tertiary/aromatic N) is 1. The second-order valence-electron chi connectivity index (χ2n) is 5.91. The highest BCUT2D eigenvalue weighted by Gasteiger charge is 2.12. The first-order chi connectivity index (χ1) is 11.7. The summed E-state index contributed by atoms with van der Waals surface area (Å²) >= 11 is 5.05. The first-order valence-electron chi connectivity index (χ1n) is 8.18. The van der Waals surface area contributed by atoms with E-state index in [1.165, 1.54) is 24.1 Å². The summed E-state index contributed by atoms with van der Waals surface area (Å²) in [5.74, 6) is 1.35. The molecule has 0 spiro atoms. The van der Waals surface area contributed by atoms with Crippen molar-refractivity contribution < 1.29 is 4.79 Å². The second-order valence-corrected chi connectivity index (χ2v) is 7.81. The number of anilines is 2. The lowest BCUT2D eigenvalue weighted by molar-refractivity contribution is -0.113. The Hall–Kier alpha value is -1.46. The van der Waals surface area contributed by atoms with Crippen molar-refractivity contribution >= 4 is 45.0 Å². The molecule has 126 valence electrons. The van der Waals surface area contributed by atoms with Crippen molar-refractivity contribution in [2.75, 3.05) is 29.1 Å². The minimum absolute atomic E-state index is 0.0473. The Morgan fingerprint density at radius 1 is 1.04 bits per heavy atom. The number of benzene rings is 2. The van der Waals surface area contributed by atoms with Gasteiger partial charge in [0.15, 0.2) is 0 Å². The van der Waals surface area contributed by atoms with Crippen LogP contribution in [0.4, 0.5) is 11.4 Å². The van der Waals surface area contributed by atoms with Crippen LogP contribution in [0.5, 0.6) is 0 Å². The minimum Gasteiger partial charge on any atom is -0.372 e. The summed E-state index contributed by atoms with van der Waals surface area (Å²) in [6.07, 6.45) is 2.54. The zero-order valence-corrected chi connectivity index (χ0v) is 15.9. The van der Waals surface area contributed by atoms with Gasteiger partial charge >= 0.3 is 0 Å². The van der Waals surface area contributed by atoms with Gasteiger partial charge in [0.25, 0.3) is 0 Å². The molecule has 0 aliphatic carbocycles. The Balaban J connectivity index is 1.43. The van der Waals surface area contributed by atoms with Crippen molar-refractivity contribution in [2.45, 2.75) is 18.6 Å². The standard InChI is InChI=1S/C19H21BrN2OS/c20-16-5-3-15(4-6-16)13-24-14-19(23)21-17-7-9-18(10-8-17)22-11-1-2-12-22/h3-10H,1-2,11-14H2,(H,21,23). The Kier molecular flexibility index (Phi) is 6.21. The zero-order chi connectivity index (χ0) is 16.8. The van der Waals surface area contributed by atoms with E-state index in [1.54, 1.807) is 11.8 Å². The number of rotatable bonds is 6. The molecule has 1 amide bonds. The lowest BCUT2D eigenvalue weighted by Gasteiger charge is -2.17. The summed E-state index contributed by atoms with van der Waals surface area (Å²) in [7, 11) is 0. The molecule has 2 aromatic rings. The van der Waals surface area contributed by atoms with Gasteiger partial charge in [-0.3, -0.25) is 4.79 Å². The summed E-state index contributed by atoms with van der Waals surface area (Å²) in [4.78, 5) is 14.4. The van der Waals surface area contributed by atoms with Crippen molar-refractivity contribution in [3.63, 3.8) is 0 Å². The van der Waals surface area contributed by atoms with Crippen molar-refractivity contribution in [1.82, 2.24) is 0 Å². The molecule has 24 heavy (non-hydrogen) atoms. The summed E-state index contributed by atoms with van der Waals surface area (Å²) < 4.78 is 1.08. The SMILES string of the molecule is O=C(CSCc1ccc(Br)cc1)Nc1ccc(N2CCCC2)cc1. The van der Waals surface area contributed by atoms with E-state index in [0.29, 0.717) is 5.75 Å². The summed E-state index contributed by atoms with van der Waals surface area (Å²) in [5, 5.41) is 2.97. The topological polar surface area (TPSA) is 32.3 Å². The van der Waals surface area contributed by atoms with E-state index in [0.717, 1.165) is 29.0 Å². The van der Waals surface area contributed by atoms with E-state index in [9.17, 15) is 4.79 Å². The van der Waals surface area contributed by atoms with E-state index in [2.05, 4.69) is 50.4 Å². The monoisotopic (exact) mass is 404 g/mol. The van der Waals surface area contributed by atoms with Gasteiger partial charge in [0.2, 0.25) is 5.91 Å². The van der Waals surface area contributed by atoms with Gasteiger partial charge in [0.05, 0.1) is 5.75 Å². The van der Waals surface area contributed by atoms with Crippen LogP contribution in [0.15, 0.2) is 53.0 Å². The molecule has 0 radical (unpaired) electrons. The first-order valence-corrected chi connectivity index (χ1v) is 10.1. The van der Waals surface area contributed by atoms with E-state index in [-0.39, 0.29) is 5.91 Å². The third-order valence-electron chi connectivity index (χ3n) is 4.04. The average Bonchev–Trinajstić information content (AvgIpc) is 3.12. The molecule has 1 N–H and O–H groups in total. The Morgan fingerprint density at radius 3 is 2.38 bits per heavy atom. The summed E-state index contributed by atoms with van der Waals surface area (Å²) in [6, 6.07) is 16.4. The average molecular weight is 405 g/mol. The molecule has 3 nitrogen and oxygen atoms in total. The Morgan fingerprint density at radius 2 is 1.71 bits per heavy atom. The summed E-state index contributed by atoms with van der Waals surface area (Å²) in [6.45, 7) is 2.27. The molecular weight excluding hydrogens is 384 g/mol. The molecule has 1 aliphatic rings. The smallest absolute Gasteiger partial charge is 0.234 e. The van der Waals surface area contributed by atoms with Crippen LogP contribution in [0.25, 0.3) is 0 Å². The van der Waals surface area contributed by atoms with Gasteiger partial charge in [-0.25, -0.2) is 0 Å². The Labute approximate surface area is 155 Å². The minimum atomic E-state index is 0.0473. The van der Waals surface area contributed by atoms with Crippen LogP contribution < -0.4 is 10.2 Å². The number of carbonyl (C=O) groups excluding carboxylic acids is 1. The predicted octanol–water partition coefficient (Wildman–Crippen LogP) is 4.92. The summed E-state index contributed by atoms with van der Waals surface area (Å²) in [5.41, 5.74) is 3.34. The van der Waals surface area contributed by atoms with E-state index < -0.39 is 0 Å². The molecule has 2 aromatic carbocycles. The fraction of sp³-hybridized carbons (Fsp3) is 0.316. The quantitative estimate of drug-likeness (QED) is 0.741. The number of nitrogens with one attached hydrogen (secondary N) is 1.